The lowest BCUT2D eigenvalue weighted by Crippen LogP contribution is -2.53. The van der Waals surface area contributed by atoms with Gasteiger partial charge in [-0.05, 0) is 31.6 Å². The van der Waals surface area contributed by atoms with Crippen LogP contribution in [-0.4, -0.2) is 36.0 Å². The van der Waals surface area contributed by atoms with Gasteiger partial charge in [0.25, 0.3) is 6.29 Å². The number of amides is 1. The number of carboxylic acids is 1. The van der Waals surface area contributed by atoms with Crippen LogP contribution < -0.4 is 5.32 Å². The van der Waals surface area contributed by atoms with E-state index in [4.69, 9.17) is 9.47 Å². The summed E-state index contributed by atoms with van der Waals surface area (Å²) in [7, 11) is 0. The van der Waals surface area contributed by atoms with Crippen molar-refractivity contribution >= 4 is 18.0 Å². The molecule has 146 valence electrons. The summed E-state index contributed by atoms with van der Waals surface area (Å²) in [5, 5.41) is 12.0. The second-order valence-electron chi connectivity index (χ2n) is 7.85. The molecule has 0 radical (unpaired) electrons. The van der Waals surface area contributed by atoms with Crippen molar-refractivity contribution in [2.45, 2.75) is 59.7 Å². The lowest BCUT2D eigenvalue weighted by molar-refractivity contribution is -0.174. The van der Waals surface area contributed by atoms with Crippen LogP contribution in [0.1, 0.15) is 53.4 Å². The van der Waals surface area contributed by atoms with Crippen molar-refractivity contribution in [3.8, 4) is 0 Å². The van der Waals surface area contributed by atoms with E-state index in [1.807, 2.05) is 0 Å². The highest BCUT2D eigenvalue weighted by molar-refractivity contribution is 5.71. The zero-order chi connectivity index (χ0) is 19.5. The van der Waals surface area contributed by atoms with Crippen LogP contribution in [0, 0.1) is 23.2 Å². The highest BCUT2D eigenvalue weighted by atomic mass is 16.7. The Morgan fingerprint density at radius 1 is 1.35 bits per heavy atom. The zero-order valence-corrected chi connectivity index (χ0v) is 15.9. The number of allylic oxidation sites excluding steroid dienone is 2. The van der Waals surface area contributed by atoms with Crippen molar-refractivity contribution in [3.63, 3.8) is 0 Å². The van der Waals surface area contributed by atoms with E-state index < -0.39 is 29.7 Å². The molecule has 2 aliphatic rings. The van der Waals surface area contributed by atoms with Gasteiger partial charge in [0.05, 0.1) is 6.42 Å². The second-order valence-corrected chi connectivity index (χ2v) is 7.85. The fourth-order valence-corrected chi connectivity index (χ4v) is 4.07. The second kappa shape index (κ2) is 8.10. The van der Waals surface area contributed by atoms with Crippen LogP contribution >= 0.6 is 0 Å². The Bertz CT molecular complexity index is 599. The molecule has 26 heavy (non-hydrogen) atoms. The Labute approximate surface area is 154 Å². The summed E-state index contributed by atoms with van der Waals surface area (Å²) in [6.07, 6.45) is 2.47. The number of carboxylic acid groups (broad SMARTS) is 1. The third-order valence-electron chi connectivity index (χ3n) is 5.32. The molecule has 1 amide bonds. The number of hydrogen-bond donors (Lipinski definition) is 2. The van der Waals surface area contributed by atoms with E-state index >= 15 is 0 Å². The van der Waals surface area contributed by atoms with Crippen LogP contribution in [0.2, 0.25) is 0 Å². The number of aliphatic carboxylic acids is 1. The summed E-state index contributed by atoms with van der Waals surface area (Å²) < 4.78 is 10.4. The number of esters is 1. The van der Waals surface area contributed by atoms with E-state index in [-0.39, 0.29) is 31.2 Å². The van der Waals surface area contributed by atoms with E-state index in [2.05, 4.69) is 18.3 Å². The molecule has 0 aromatic carbocycles. The third-order valence-corrected chi connectivity index (χ3v) is 5.32. The van der Waals surface area contributed by atoms with Crippen molar-refractivity contribution in [1.29, 1.82) is 0 Å². The Hall–Kier alpha value is -2.05. The van der Waals surface area contributed by atoms with Gasteiger partial charge in [-0.15, -0.1) is 0 Å². The molecule has 0 spiro atoms. The fourth-order valence-electron chi connectivity index (χ4n) is 4.07. The largest absolute Gasteiger partial charge is 0.481 e. The van der Waals surface area contributed by atoms with Crippen molar-refractivity contribution in [2.75, 3.05) is 6.54 Å². The summed E-state index contributed by atoms with van der Waals surface area (Å²) in [5.74, 6) is -0.836. The Morgan fingerprint density at radius 2 is 2.04 bits per heavy atom. The number of nitrogens with one attached hydrogen (secondary N) is 1. The first-order valence-electron chi connectivity index (χ1n) is 9.20. The van der Waals surface area contributed by atoms with Gasteiger partial charge in [-0.3, -0.25) is 9.59 Å². The van der Waals surface area contributed by atoms with Crippen molar-refractivity contribution in [3.05, 3.63) is 11.6 Å². The predicted octanol–water partition coefficient (Wildman–Crippen LogP) is 3.10. The molecule has 0 aromatic rings. The molecule has 7 heteroatoms. The first-order chi connectivity index (χ1) is 12.2. The van der Waals surface area contributed by atoms with E-state index in [0.717, 1.165) is 12.8 Å². The van der Waals surface area contributed by atoms with Gasteiger partial charge in [0.15, 0.2) is 0 Å². The molecule has 0 unspecified atom stereocenters. The summed E-state index contributed by atoms with van der Waals surface area (Å²) in [4.78, 5) is 34.9. The van der Waals surface area contributed by atoms with Crippen molar-refractivity contribution in [1.82, 2.24) is 5.32 Å². The minimum absolute atomic E-state index is 0.0106. The predicted molar refractivity (Wildman–Crippen MR) is 94.1 cm³/mol. The van der Waals surface area contributed by atoms with Gasteiger partial charge in [0.1, 0.15) is 0 Å². The Kier molecular flexibility index (Phi) is 6.31. The molecule has 0 saturated heterocycles. The topological polar surface area (TPSA) is 102 Å². The Morgan fingerprint density at radius 3 is 2.58 bits per heavy atom. The van der Waals surface area contributed by atoms with Crippen LogP contribution in [0.25, 0.3) is 0 Å². The quantitative estimate of drug-likeness (QED) is 0.388. The van der Waals surface area contributed by atoms with Gasteiger partial charge in [0.2, 0.25) is 0 Å². The number of ether oxygens (including phenoxy) is 2. The molecule has 0 aromatic heterocycles. The maximum absolute atomic E-state index is 12.2. The molecule has 0 aliphatic heterocycles. The van der Waals surface area contributed by atoms with Crippen molar-refractivity contribution in [2.24, 2.45) is 23.2 Å². The van der Waals surface area contributed by atoms with Crippen molar-refractivity contribution < 1.29 is 29.0 Å². The molecular formula is C19H29NO6. The average Bonchev–Trinajstić information content (AvgIpc) is 2.86. The van der Waals surface area contributed by atoms with E-state index in [1.54, 1.807) is 20.8 Å². The average molecular weight is 367 g/mol. The van der Waals surface area contributed by atoms with E-state index in [0.29, 0.717) is 5.92 Å². The third kappa shape index (κ3) is 4.56. The maximum Gasteiger partial charge on any atom is 0.410 e. The molecular weight excluding hydrogens is 338 g/mol. The summed E-state index contributed by atoms with van der Waals surface area (Å²) in [6.45, 7) is 7.53. The molecule has 0 heterocycles. The fraction of sp³-hybridized carbons (Fsp3) is 0.737. The molecule has 2 rings (SSSR count). The lowest BCUT2D eigenvalue weighted by Gasteiger charge is -2.51. The van der Waals surface area contributed by atoms with Crippen LogP contribution in [-0.2, 0) is 19.1 Å². The number of fused-ring (bicyclic) bond motifs is 1. The first-order valence-corrected chi connectivity index (χ1v) is 9.20. The van der Waals surface area contributed by atoms with Crippen LogP contribution in [0.3, 0.4) is 0 Å². The maximum atomic E-state index is 12.2. The number of carbonyl (C=O) groups is 3. The van der Waals surface area contributed by atoms with Gasteiger partial charge in [-0.2, -0.15) is 0 Å². The summed E-state index contributed by atoms with van der Waals surface area (Å²) in [5.41, 5.74) is 0.807. The van der Waals surface area contributed by atoms with E-state index in [9.17, 15) is 19.5 Å². The van der Waals surface area contributed by atoms with Gasteiger partial charge in [0, 0.05) is 24.3 Å². The van der Waals surface area contributed by atoms with E-state index in [1.165, 1.54) is 5.57 Å². The van der Waals surface area contributed by atoms with Gasteiger partial charge >= 0.3 is 18.0 Å². The number of carbonyl (C=O) groups excluding carboxylic acids is 2. The molecule has 1 saturated carbocycles. The monoisotopic (exact) mass is 367 g/mol. The Balaban J connectivity index is 1.95. The van der Waals surface area contributed by atoms with Gasteiger partial charge < -0.3 is 19.9 Å². The molecule has 4 atom stereocenters. The van der Waals surface area contributed by atoms with Crippen LogP contribution in [0.5, 0.6) is 0 Å². The summed E-state index contributed by atoms with van der Waals surface area (Å²) >= 11 is 0. The minimum Gasteiger partial charge on any atom is -0.481 e. The highest BCUT2D eigenvalue weighted by Crippen LogP contribution is 2.59. The van der Waals surface area contributed by atoms with Crippen LogP contribution in [0.15, 0.2) is 11.6 Å². The minimum atomic E-state index is -0.958. The highest BCUT2D eigenvalue weighted by Gasteiger charge is 2.55. The normalized spacial score (nSPS) is 27.8. The van der Waals surface area contributed by atoms with Crippen LogP contribution in [0.4, 0.5) is 4.79 Å². The number of rotatable bonds is 8. The summed E-state index contributed by atoms with van der Waals surface area (Å²) in [6, 6.07) is 0. The molecule has 2 aliphatic carbocycles. The molecule has 7 nitrogen and oxygen atoms in total. The lowest BCUT2D eigenvalue weighted by atomic mass is 9.53. The standard InChI is InChI=1S/C19H29NO6/c1-5-16(23)25-17(11(2)3)26-18(24)20-10-19(9-15(21)22)8-13-6-12(4)7-14(13)19/h7,11,13-14,17H,5-6,8-10H2,1-4H3,(H,20,24)(H,21,22)/t13-,14+,17-,19+/m0/s1. The molecule has 0 bridgehead atoms. The number of hydrogen-bond acceptors (Lipinski definition) is 5. The van der Waals surface area contributed by atoms with Gasteiger partial charge in [-0.1, -0.05) is 32.4 Å². The first kappa shape index (κ1) is 20.3. The zero-order valence-electron chi connectivity index (χ0n) is 15.9. The smallest absolute Gasteiger partial charge is 0.410 e. The SMILES string of the molecule is CCC(=O)O[C@@H](OC(=O)NC[C@]1(CC(=O)O)C[C@@H]2CC(C)=C[C@H]21)C(C)C. The number of alkyl carbamates (subject to hydrolysis) is 1. The molecule has 1 fully saturated rings. The molecule has 2 N–H and O–H groups in total. The van der Waals surface area contributed by atoms with Gasteiger partial charge in [-0.25, -0.2) is 4.79 Å².